The SMILES string of the molecule is C[C@@]1(O)[C@H]2[C@H](O[C@@H]3O[C@H](CO)[C@@H](O)[C@H](O)[C@H]3O)OC=C[C@@]2(O)[C@H](O)[C@@H]1O. The highest BCUT2D eigenvalue weighted by Crippen LogP contribution is 2.49. The molecule has 8 N–H and O–H groups in total. The maximum absolute atomic E-state index is 10.7. The van der Waals surface area contributed by atoms with Crippen LogP contribution in [0.3, 0.4) is 0 Å². The second-order valence-corrected chi connectivity index (χ2v) is 7.12. The molecule has 0 aromatic carbocycles. The molecule has 150 valence electrons. The van der Waals surface area contributed by atoms with Crippen molar-refractivity contribution in [2.24, 2.45) is 5.92 Å². The topological polar surface area (TPSA) is 190 Å². The van der Waals surface area contributed by atoms with Crippen LogP contribution in [0.2, 0.25) is 0 Å². The molecule has 1 saturated carbocycles. The summed E-state index contributed by atoms with van der Waals surface area (Å²) in [6, 6.07) is 0. The Labute approximate surface area is 148 Å². The summed E-state index contributed by atoms with van der Waals surface area (Å²) in [5.41, 5.74) is -4.11. The van der Waals surface area contributed by atoms with Crippen molar-refractivity contribution in [1.82, 2.24) is 0 Å². The first kappa shape index (κ1) is 19.9. The van der Waals surface area contributed by atoms with Crippen LogP contribution in [0.25, 0.3) is 0 Å². The van der Waals surface area contributed by atoms with Crippen LogP contribution in [0, 0.1) is 5.92 Å². The van der Waals surface area contributed by atoms with E-state index in [-0.39, 0.29) is 0 Å². The summed E-state index contributed by atoms with van der Waals surface area (Å²) in [5, 5.41) is 80.3. The van der Waals surface area contributed by atoms with Gasteiger partial charge in [0.05, 0.1) is 18.8 Å². The smallest absolute Gasteiger partial charge is 0.210 e. The lowest BCUT2D eigenvalue weighted by atomic mass is 9.81. The molecule has 0 bridgehead atoms. The normalized spacial score (nSPS) is 56.9. The van der Waals surface area contributed by atoms with E-state index in [4.69, 9.17) is 14.2 Å². The molecule has 11 heteroatoms. The molecule has 0 radical (unpaired) electrons. The molecule has 0 amide bonds. The molecule has 2 heterocycles. The molecule has 0 unspecified atom stereocenters. The second kappa shape index (κ2) is 6.63. The maximum atomic E-state index is 10.7. The van der Waals surface area contributed by atoms with Crippen LogP contribution in [0.1, 0.15) is 6.92 Å². The van der Waals surface area contributed by atoms with Crippen molar-refractivity contribution in [2.45, 2.75) is 67.3 Å². The zero-order valence-corrected chi connectivity index (χ0v) is 13.9. The van der Waals surface area contributed by atoms with Crippen molar-refractivity contribution in [3.63, 3.8) is 0 Å². The third-order valence-electron chi connectivity index (χ3n) is 5.44. The van der Waals surface area contributed by atoms with Crippen LogP contribution in [0.15, 0.2) is 12.3 Å². The molecular weight excluding hydrogens is 356 g/mol. The van der Waals surface area contributed by atoms with Crippen LogP contribution in [0.5, 0.6) is 0 Å². The lowest BCUT2D eigenvalue weighted by Gasteiger charge is -2.45. The number of fused-ring (bicyclic) bond motifs is 1. The number of hydrogen-bond acceptors (Lipinski definition) is 11. The zero-order valence-electron chi connectivity index (χ0n) is 13.9. The Kier molecular flexibility index (Phi) is 5.08. The predicted molar refractivity (Wildman–Crippen MR) is 79.9 cm³/mol. The third kappa shape index (κ3) is 2.76. The van der Waals surface area contributed by atoms with Gasteiger partial charge in [0.25, 0.3) is 0 Å². The van der Waals surface area contributed by atoms with Crippen LogP contribution in [-0.2, 0) is 14.2 Å². The van der Waals surface area contributed by atoms with Gasteiger partial charge in [-0.2, -0.15) is 0 Å². The first-order chi connectivity index (χ1) is 12.1. The standard InChI is InChI=1S/C15H24O11/c1-14(22)9-13(24-3-2-15(9,23)11(21)10(14)20)26-12-8(19)7(18)6(17)5(4-16)25-12/h2-3,5-13,16-23H,4H2,1H3/t5-,6-,7+,8-,9-,10+,11-,12+,13+,14-,15+/m1/s1. The number of hydrogen-bond donors (Lipinski definition) is 8. The van der Waals surface area contributed by atoms with Gasteiger partial charge in [0, 0.05) is 0 Å². The summed E-state index contributed by atoms with van der Waals surface area (Å²) in [6.07, 6.45) is -10.7. The van der Waals surface area contributed by atoms with Crippen molar-refractivity contribution >= 4 is 0 Å². The number of aliphatic hydroxyl groups is 8. The van der Waals surface area contributed by atoms with Crippen molar-refractivity contribution in [2.75, 3.05) is 6.61 Å². The average Bonchev–Trinajstić information content (AvgIpc) is 2.73. The molecule has 1 saturated heterocycles. The first-order valence-corrected chi connectivity index (χ1v) is 8.15. The molecule has 3 rings (SSSR count). The lowest BCUT2D eigenvalue weighted by molar-refractivity contribution is -0.352. The molecule has 0 aromatic heterocycles. The first-order valence-electron chi connectivity index (χ1n) is 8.15. The van der Waals surface area contributed by atoms with Gasteiger partial charge in [0.15, 0.2) is 6.29 Å². The number of aliphatic hydroxyl groups excluding tert-OH is 6. The van der Waals surface area contributed by atoms with E-state index in [1.54, 1.807) is 0 Å². The monoisotopic (exact) mass is 380 g/mol. The van der Waals surface area contributed by atoms with Gasteiger partial charge in [-0.3, -0.25) is 0 Å². The van der Waals surface area contributed by atoms with Gasteiger partial charge in [0.1, 0.15) is 47.8 Å². The summed E-state index contributed by atoms with van der Waals surface area (Å²) in [7, 11) is 0. The minimum absolute atomic E-state index is 0.668. The summed E-state index contributed by atoms with van der Waals surface area (Å²) in [4.78, 5) is 0. The van der Waals surface area contributed by atoms with Gasteiger partial charge >= 0.3 is 0 Å². The van der Waals surface area contributed by atoms with E-state index in [1.807, 2.05) is 0 Å². The van der Waals surface area contributed by atoms with E-state index in [1.165, 1.54) is 6.92 Å². The second-order valence-electron chi connectivity index (χ2n) is 7.12. The summed E-state index contributed by atoms with van der Waals surface area (Å²) < 4.78 is 15.9. The minimum Gasteiger partial charge on any atom is -0.472 e. The lowest BCUT2D eigenvalue weighted by Crippen LogP contribution is -2.62. The molecule has 2 fully saturated rings. The van der Waals surface area contributed by atoms with Crippen LogP contribution in [-0.4, -0.2) is 108 Å². The predicted octanol–water partition coefficient (Wildman–Crippen LogP) is -4.49. The van der Waals surface area contributed by atoms with Crippen molar-refractivity contribution in [3.8, 4) is 0 Å². The fourth-order valence-electron chi connectivity index (χ4n) is 3.83. The number of rotatable bonds is 3. The fourth-order valence-corrected chi connectivity index (χ4v) is 3.83. The Bertz CT molecular complexity index is 552. The molecule has 0 spiro atoms. The zero-order chi connectivity index (χ0) is 19.4. The Hall–Kier alpha value is -0.860. The van der Waals surface area contributed by atoms with E-state index in [0.717, 1.165) is 12.3 Å². The van der Waals surface area contributed by atoms with E-state index < -0.39 is 72.9 Å². The highest BCUT2D eigenvalue weighted by molar-refractivity contribution is 5.24. The van der Waals surface area contributed by atoms with Crippen LogP contribution in [0.4, 0.5) is 0 Å². The van der Waals surface area contributed by atoms with E-state index >= 15 is 0 Å². The Balaban J connectivity index is 1.85. The van der Waals surface area contributed by atoms with Gasteiger partial charge in [-0.05, 0) is 13.0 Å². The molecule has 11 atom stereocenters. The molecule has 1 aliphatic carbocycles. The number of ether oxygens (including phenoxy) is 3. The Morgan fingerprint density at radius 1 is 0.962 bits per heavy atom. The Morgan fingerprint density at radius 3 is 2.23 bits per heavy atom. The molecular formula is C15H24O11. The maximum Gasteiger partial charge on any atom is 0.210 e. The quantitative estimate of drug-likeness (QED) is 0.235. The van der Waals surface area contributed by atoms with Crippen molar-refractivity contribution in [3.05, 3.63) is 12.3 Å². The highest BCUT2D eigenvalue weighted by atomic mass is 16.8. The van der Waals surface area contributed by atoms with E-state index in [2.05, 4.69) is 0 Å². The third-order valence-corrected chi connectivity index (χ3v) is 5.44. The van der Waals surface area contributed by atoms with Gasteiger partial charge in [-0.1, -0.05) is 0 Å². The molecule has 11 nitrogen and oxygen atoms in total. The Morgan fingerprint density at radius 2 is 1.62 bits per heavy atom. The van der Waals surface area contributed by atoms with Crippen LogP contribution >= 0.6 is 0 Å². The van der Waals surface area contributed by atoms with E-state index in [0.29, 0.717) is 0 Å². The average molecular weight is 380 g/mol. The minimum atomic E-state index is -2.08. The molecule has 2 aliphatic heterocycles. The summed E-state index contributed by atoms with van der Waals surface area (Å²) >= 11 is 0. The molecule has 0 aromatic rings. The fraction of sp³-hybridized carbons (Fsp3) is 0.867. The largest absolute Gasteiger partial charge is 0.472 e. The highest BCUT2D eigenvalue weighted by Gasteiger charge is 2.69. The molecule has 26 heavy (non-hydrogen) atoms. The molecule has 3 aliphatic rings. The van der Waals surface area contributed by atoms with Crippen LogP contribution < -0.4 is 0 Å². The summed E-state index contributed by atoms with van der Waals surface area (Å²) in [5.74, 6) is -1.38. The van der Waals surface area contributed by atoms with Crippen molar-refractivity contribution in [1.29, 1.82) is 0 Å². The van der Waals surface area contributed by atoms with Gasteiger partial charge in [-0.25, -0.2) is 0 Å². The van der Waals surface area contributed by atoms with Gasteiger partial charge < -0.3 is 55.1 Å². The van der Waals surface area contributed by atoms with Gasteiger partial charge in [-0.15, -0.1) is 0 Å². The van der Waals surface area contributed by atoms with Gasteiger partial charge in [0.2, 0.25) is 6.29 Å². The van der Waals surface area contributed by atoms with Crippen molar-refractivity contribution < 1.29 is 55.1 Å². The summed E-state index contributed by atoms with van der Waals surface area (Å²) in [6.45, 7) is 0.508. The van der Waals surface area contributed by atoms with E-state index in [9.17, 15) is 40.9 Å².